The second kappa shape index (κ2) is 10.1. The normalized spacial score (nSPS) is 22.3. The fourth-order valence-corrected chi connectivity index (χ4v) is 4.28. The molecule has 1 aliphatic carbocycles. The van der Waals surface area contributed by atoms with Gasteiger partial charge in [0.15, 0.2) is 0 Å². The minimum Gasteiger partial charge on any atom is -0.488 e. The van der Waals surface area contributed by atoms with E-state index in [-0.39, 0.29) is 30.2 Å². The van der Waals surface area contributed by atoms with Crippen LogP contribution in [0.5, 0.6) is 5.75 Å². The maximum absolute atomic E-state index is 11.9. The number of aryl methyl sites for hydroxylation is 1. The molecular weight excluding hydrogens is 471 g/mol. The highest BCUT2D eigenvalue weighted by molar-refractivity contribution is 6.62. The molecular formula is C28H45BN2O6. The van der Waals surface area contributed by atoms with Gasteiger partial charge in [-0.25, -0.2) is 4.79 Å². The number of carbonyl (C=O) groups is 2. The van der Waals surface area contributed by atoms with E-state index in [0.29, 0.717) is 31.2 Å². The Balaban J connectivity index is 0.000000214. The molecule has 2 aliphatic heterocycles. The minimum absolute atomic E-state index is 0.213. The van der Waals surface area contributed by atoms with Gasteiger partial charge in [-0.1, -0.05) is 0 Å². The number of nitrogens with zero attached hydrogens (tertiary/aromatic N) is 1. The number of Topliss-reactive ketones (excluding diaryl/α,β-unsaturated/α-hetero) is 1. The number of piperidine rings is 1. The van der Waals surface area contributed by atoms with Crippen LogP contribution in [0.15, 0.2) is 12.1 Å². The van der Waals surface area contributed by atoms with E-state index in [4.69, 9.17) is 24.5 Å². The molecule has 3 aliphatic rings. The molecule has 0 unspecified atom stereocenters. The topological polar surface area (TPSA) is 100 Å². The summed E-state index contributed by atoms with van der Waals surface area (Å²) in [5.41, 5.74) is 7.20. The van der Waals surface area contributed by atoms with Crippen molar-refractivity contribution in [2.24, 2.45) is 0 Å². The van der Waals surface area contributed by atoms with Crippen LogP contribution in [0.2, 0.25) is 0 Å². The predicted octanol–water partition coefficient (Wildman–Crippen LogP) is 4.78. The van der Waals surface area contributed by atoms with Gasteiger partial charge in [0.2, 0.25) is 0 Å². The standard InChI is InChI=1S/C16H24BNO3.C12H21NO3/c1-10-8-13(18)14(19-11-6-7-11)9-12(10)17-20-15(2,3)16(4,5)21-17;1-11(2,3)16-10(15)13-7-6-9(14)8-12(13,4)5/h8-9,11H,6-7,18H2,1-5H3;6-8H2,1-5H3. The average molecular weight is 516 g/mol. The molecule has 2 heterocycles. The van der Waals surface area contributed by atoms with Gasteiger partial charge >= 0.3 is 13.2 Å². The third-order valence-electron chi connectivity index (χ3n) is 7.31. The highest BCUT2D eigenvalue weighted by Gasteiger charge is 2.52. The number of carbonyl (C=O) groups excluding carboxylic acids is 2. The second-order valence-electron chi connectivity index (χ2n) is 13.1. The van der Waals surface area contributed by atoms with Crippen LogP contribution in [-0.2, 0) is 18.8 Å². The third-order valence-corrected chi connectivity index (χ3v) is 7.31. The van der Waals surface area contributed by atoms with E-state index in [1.807, 2.05) is 53.7 Å². The lowest BCUT2D eigenvalue weighted by atomic mass is 9.76. The number of ether oxygens (including phenoxy) is 2. The molecule has 2 saturated heterocycles. The summed E-state index contributed by atoms with van der Waals surface area (Å²) >= 11 is 0. The molecule has 4 rings (SSSR count). The zero-order valence-electron chi connectivity index (χ0n) is 24.3. The zero-order valence-corrected chi connectivity index (χ0v) is 24.3. The van der Waals surface area contributed by atoms with E-state index >= 15 is 0 Å². The van der Waals surface area contributed by atoms with Crippen molar-refractivity contribution in [1.82, 2.24) is 4.90 Å². The Labute approximate surface area is 222 Å². The SMILES string of the molecule is CC(C)(C)OC(=O)N1CCC(=O)CC1(C)C.Cc1cc(N)c(OC2CC2)cc1B1OC(C)(C)C(C)(C)O1. The molecule has 1 aromatic carbocycles. The van der Waals surface area contributed by atoms with Crippen molar-refractivity contribution in [2.45, 2.75) is 123 Å². The number of benzene rings is 1. The van der Waals surface area contributed by atoms with Crippen LogP contribution in [0.25, 0.3) is 0 Å². The maximum atomic E-state index is 11.9. The molecule has 1 amide bonds. The highest BCUT2D eigenvalue weighted by atomic mass is 16.7. The molecule has 2 N–H and O–H groups in total. The zero-order chi connectivity index (χ0) is 28.0. The van der Waals surface area contributed by atoms with Gasteiger partial charge in [-0.2, -0.15) is 0 Å². The van der Waals surface area contributed by atoms with Crippen LogP contribution in [0.4, 0.5) is 10.5 Å². The van der Waals surface area contributed by atoms with Crippen molar-refractivity contribution in [3.8, 4) is 5.75 Å². The van der Waals surface area contributed by atoms with Crippen LogP contribution in [0, 0.1) is 6.92 Å². The van der Waals surface area contributed by atoms with E-state index in [0.717, 1.165) is 29.6 Å². The second-order valence-corrected chi connectivity index (χ2v) is 13.1. The average Bonchev–Trinajstić information content (AvgIpc) is 3.47. The largest absolute Gasteiger partial charge is 0.495 e. The molecule has 0 atom stereocenters. The van der Waals surface area contributed by atoms with Gasteiger partial charge in [0, 0.05) is 24.9 Å². The fraction of sp³-hybridized carbons (Fsp3) is 0.714. The van der Waals surface area contributed by atoms with Gasteiger partial charge in [0.1, 0.15) is 17.1 Å². The molecule has 3 fully saturated rings. The Morgan fingerprint density at radius 3 is 2.14 bits per heavy atom. The van der Waals surface area contributed by atoms with Gasteiger partial charge in [0.05, 0.1) is 23.0 Å². The summed E-state index contributed by atoms with van der Waals surface area (Å²) in [7, 11) is -0.378. The van der Waals surface area contributed by atoms with E-state index in [9.17, 15) is 9.59 Å². The number of hydrogen-bond donors (Lipinski definition) is 1. The first-order valence-electron chi connectivity index (χ1n) is 13.3. The van der Waals surface area contributed by atoms with E-state index in [2.05, 4.69) is 27.7 Å². The van der Waals surface area contributed by atoms with E-state index in [1.165, 1.54) is 0 Å². The Bertz CT molecular complexity index is 1010. The Morgan fingerprint density at radius 2 is 1.65 bits per heavy atom. The van der Waals surface area contributed by atoms with E-state index < -0.39 is 11.1 Å². The van der Waals surface area contributed by atoms with Crippen molar-refractivity contribution in [3.63, 3.8) is 0 Å². The van der Waals surface area contributed by atoms with E-state index in [1.54, 1.807) is 4.90 Å². The number of hydrogen-bond acceptors (Lipinski definition) is 7. The molecule has 0 radical (unpaired) electrons. The fourth-order valence-electron chi connectivity index (χ4n) is 4.28. The first kappa shape index (κ1) is 29.3. The summed E-state index contributed by atoms with van der Waals surface area (Å²) in [6.07, 6.45) is 3.05. The molecule has 206 valence electrons. The van der Waals surface area contributed by atoms with Gasteiger partial charge in [-0.05, 0) is 105 Å². The monoisotopic (exact) mass is 516 g/mol. The van der Waals surface area contributed by atoms with Crippen molar-refractivity contribution in [2.75, 3.05) is 12.3 Å². The van der Waals surface area contributed by atoms with Crippen molar-refractivity contribution < 1.29 is 28.4 Å². The molecule has 1 saturated carbocycles. The predicted molar refractivity (Wildman–Crippen MR) is 146 cm³/mol. The molecule has 9 heteroatoms. The van der Waals surface area contributed by atoms with Crippen LogP contribution in [-0.4, -0.2) is 58.9 Å². The smallest absolute Gasteiger partial charge is 0.488 e. The lowest BCUT2D eigenvalue weighted by molar-refractivity contribution is -0.125. The number of nitrogens with two attached hydrogens (primary N) is 1. The summed E-state index contributed by atoms with van der Waals surface area (Å²) in [5, 5.41) is 0. The molecule has 1 aromatic rings. The number of nitrogen functional groups attached to an aromatic ring is 1. The van der Waals surface area contributed by atoms with Gasteiger partial charge < -0.3 is 29.4 Å². The minimum atomic E-state index is -0.491. The molecule has 8 nitrogen and oxygen atoms in total. The van der Waals surface area contributed by atoms with Crippen LogP contribution in [0.3, 0.4) is 0 Å². The van der Waals surface area contributed by atoms with Gasteiger partial charge in [-0.15, -0.1) is 0 Å². The third kappa shape index (κ3) is 7.20. The number of rotatable bonds is 3. The van der Waals surface area contributed by atoms with Crippen molar-refractivity contribution in [3.05, 3.63) is 17.7 Å². The molecule has 0 bridgehead atoms. The summed E-state index contributed by atoms with van der Waals surface area (Å²) in [6, 6.07) is 3.92. The van der Waals surface area contributed by atoms with Crippen LogP contribution < -0.4 is 15.9 Å². The lowest BCUT2D eigenvalue weighted by Crippen LogP contribution is -2.54. The number of anilines is 1. The number of likely N-dealkylation sites (tertiary alicyclic amines) is 1. The van der Waals surface area contributed by atoms with Crippen molar-refractivity contribution >= 4 is 30.1 Å². The van der Waals surface area contributed by atoms with Gasteiger partial charge in [0.25, 0.3) is 0 Å². The summed E-state index contributed by atoms with van der Waals surface area (Å²) < 4.78 is 23.5. The van der Waals surface area contributed by atoms with Gasteiger partial charge in [-0.3, -0.25) is 4.79 Å². The number of amides is 1. The Morgan fingerprint density at radius 1 is 1.08 bits per heavy atom. The first-order valence-corrected chi connectivity index (χ1v) is 13.3. The molecule has 0 spiro atoms. The summed E-state index contributed by atoms with van der Waals surface area (Å²) in [5.74, 6) is 0.956. The highest BCUT2D eigenvalue weighted by Crippen LogP contribution is 2.38. The Kier molecular flexibility index (Phi) is 8.03. The first-order chi connectivity index (χ1) is 16.8. The quantitative estimate of drug-likeness (QED) is 0.456. The molecule has 0 aromatic heterocycles. The lowest BCUT2D eigenvalue weighted by Gasteiger charge is -2.41. The summed E-state index contributed by atoms with van der Waals surface area (Å²) in [6.45, 7) is 20.0. The number of ketones is 1. The summed E-state index contributed by atoms with van der Waals surface area (Å²) in [4.78, 5) is 24.9. The van der Waals surface area contributed by atoms with Crippen molar-refractivity contribution in [1.29, 1.82) is 0 Å². The molecule has 37 heavy (non-hydrogen) atoms. The van der Waals surface area contributed by atoms with Crippen LogP contribution >= 0.6 is 0 Å². The van der Waals surface area contributed by atoms with Crippen LogP contribution in [0.1, 0.15) is 93.6 Å². The Hall–Kier alpha value is -2.26. The maximum Gasteiger partial charge on any atom is 0.495 e.